The van der Waals surface area contributed by atoms with Crippen LogP contribution >= 0.6 is 24.8 Å². The fourth-order valence-corrected chi connectivity index (χ4v) is 1.61. The maximum Gasteiger partial charge on any atom is 0.0553 e. The van der Waals surface area contributed by atoms with Crippen molar-refractivity contribution in [1.82, 2.24) is 9.88 Å². The van der Waals surface area contributed by atoms with Crippen LogP contribution in [0.25, 0.3) is 0 Å². The number of hydrogen-bond donors (Lipinski definition) is 0. The van der Waals surface area contributed by atoms with Crippen molar-refractivity contribution in [2.45, 2.75) is 0 Å². The normalized spacial score (nSPS) is 16.5. The van der Waals surface area contributed by atoms with E-state index in [4.69, 9.17) is 0 Å². The van der Waals surface area contributed by atoms with E-state index in [0.717, 1.165) is 26.2 Å². The molecule has 1 saturated heterocycles. The molecule has 0 N–H and O–H groups in total. The van der Waals surface area contributed by atoms with Crippen molar-refractivity contribution in [2.75, 3.05) is 38.1 Å². The smallest absolute Gasteiger partial charge is 0.0553 e. The molecule has 1 aliphatic heterocycles. The Balaban J connectivity index is 0.000000980. The first-order valence-electron chi connectivity index (χ1n) is 4.70. The Morgan fingerprint density at radius 2 is 1.80 bits per heavy atom. The van der Waals surface area contributed by atoms with Crippen LogP contribution in [0.2, 0.25) is 0 Å². The van der Waals surface area contributed by atoms with Crippen LogP contribution in [0, 0.1) is 0 Å². The zero-order valence-electron chi connectivity index (χ0n) is 8.80. The van der Waals surface area contributed by atoms with E-state index in [9.17, 15) is 0 Å². The summed E-state index contributed by atoms with van der Waals surface area (Å²) in [5.74, 6) is 0. The summed E-state index contributed by atoms with van der Waals surface area (Å²) in [7, 11) is 2.17. The largest absolute Gasteiger partial charge is 0.368 e. The first-order chi connectivity index (χ1) is 6.36. The number of hydrogen-bond acceptors (Lipinski definition) is 3. The van der Waals surface area contributed by atoms with Crippen LogP contribution in [0.5, 0.6) is 0 Å². The highest BCUT2D eigenvalue weighted by Gasteiger charge is 2.13. The zero-order chi connectivity index (χ0) is 9.10. The second-order valence-corrected chi connectivity index (χ2v) is 3.50. The van der Waals surface area contributed by atoms with Crippen molar-refractivity contribution in [3.63, 3.8) is 0 Å². The van der Waals surface area contributed by atoms with Crippen LogP contribution in [0.3, 0.4) is 0 Å². The Kier molecular flexibility index (Phi) is 6.65. The number of halogens is 2. The second-order valence-electron chi connectivity index (χ2n) is 3.50. The Hall–Kier alpha value is -0.510. The Morgan fingerprint density at radius 3 is 2.33 bits per heavy atom. The molecule has 0 aliphatic carbocycles. The van der Waals surface area contributed by atoms with Gasteiger partial charge >= 0.3 is 0 Å². The average molecular weight is 250 g/mol. The van der Waals surface area contributed by atoms with Crippen LogP contribution in [-0.2, 0) is 0 Å². The fourth-order valence-electron chi connectivity index (χ4n) is 1.61. The van der Waals surface area contributed by atoms with E-state index in [1.54, 1.807) is 0 Å². The van der Waals surface area contributed by atoms with Crippen LogP contribution in [0.15, 0.2) is 24.5 Å². The second kappa shape index (κ2) is 6.88. The summed E-state index contributed by atoms with van der Waals surface area (Å²) < 4.78 is 0. The highest BCUT2D eigenvalue weighted by Crippen LogP contribution is 2.13. The molecule has 0 unspecified atom stereocenters. The summed E-state index contributed by atoms with van der Waals surface area (Å²) >= 11 is 0. The van der Waals surface area contributed by atoms with Crippen LogP contribution in [-0.4, -0.2) is 43.1 Å². The van der Waals surface area contributed by atoms with Crippen molar-refractivity contribution in [3.8, 4) is 0 Å². The Bertz CT molecular complexity index is 261. The van der Waals surface area contributed by atoms with E-state index in [1.807, 2.05) is 18.5 Å². The third kappa shape index (κ3) is 3.86. The zero-order valence-corrected chi connectivity index (χ0v) is 10.4. The van der Waals surface area contributed by atoms with E-state index in [2.05, 4.69) is 27.9 Å². The molecule has 3 nitrogen and oxygen atoms in total. The lowest BCUT2D eigenvalue weighted by atomic mass is 10.3. The molecule has 0 amide bonds. The van der Waals surface area contributed by atoms with Gasteiger partial charge in [0.1, 0.15) is 0 Å². The summed E-state index contributed by atoms with van der Waals surface area (Å²) in [5.41, 5.74) is 1.25. The minimum Gasteiger partial charge on any atom is -0.368 e. The number of rotatable bonds is 1. The molecule has 0 aromatic carbocycles. The third-order valence-corrected chi connectivity index (χ3v) is 2.51. The van der Waals surface area contributed by atoms with E-state index < -0.39 is 0 Å². The van der Waals surface area contributed by atoms with Gasteiger partial charge in [-0.3, -0.25) is 4.98 Å². The molecule has 2 heterocycles. The number of nitrogens with zero attached hydrogens (tertiary/aromatic N) is 3. The van der Waals surface area contributed by atoms with E-state index >= 15 is 0 Å². The maximum atomic E-state index is 4.12. The Labute approximate surface area is 103 Å². The van der Waals surface area contributed by atoms with Crippen LogP contribution in [0.1, 0.15) is 0 Å². The van der Waals surface area contributed by atoms with E-state index in [-0.39, 0.29) is 24.8 Å². The number of aromatic nitrogens is 1. The van der Waals surface area contributed by atoms with Gasteiger partial charge in [0.15, 0.2) is 0 Å². The molecule has 5 heteroatoms. The lowest BCUT2D eigenvalue weighted by molar-refractivity contribution is 0.313. The lowest BCUT2D eigenvalue weighted by Crippen LogP contribution is -2.44. The topological polar surface area (TPSA) is 19.4 Å². The molecule has 0 spiro atoms. The summed E-state index contributed by atoms with van der Waals surface area (Å²) in [5, 5.41) is 0. The molecule has 15 heavy (non-hydrogen) atoms. The Morgan fingerprint density at radius 1 is 1.13 bits per heavy atom. The molecule has 2 rings (SSSR count). The molecule has 1 fully saturated rings. The van der Waals surface area contributed by atoms with Gasteiger partial charge in [-0.25, -0.2) is 0 Å². The molecule has 1 aromatic heterocycles. The van der Waals surface area contributed by atoms with Gasteiger partial charge in [-0.2, -0.15) is 0 Å². The maximum absolute atomic E-state index is 4.12. The quantitative estimate of drug-likeness (QED) is 0.756. The van der Waals surface area contributed by atoms with Gasteiger partial charge < -0.3 is 9.80 Å². The molecule has 0 saturated carbocycles. The van der Waals surface area contributed by atoms with Gasteiger partial charge in [0.2, 0.25) is 0 Å². The van der Waals surface area contributed by atoms with Crippen molar-refractivity contribution >= 4 is 30.5 Å². The molecule has 0 radical (unpaired) electrons. The highest BCUT2D eigenvalue weighted by molar-refractivity contribution is 5.85. The van der Waals surface area contributed by atoms with E-state index in [0.29, 0.717) is 0 Å². The van der Waals surface area contributed by atoms with Gasteiger partial charge in [-0.15, -0.1) is 24.8 Å². The van der Waals surface area contributed by atoms with Crippen molar-refractivity contribution < 1.29 is 0 Å². The minimum absolute atomic E-state index is 0. The first kappa shape index (κ1) is 14.5. The van der Waals surface area contributed by atoms with E-state index in [1.165, 1.54) is 5.69 Å². The highest BCUT2D eigenvalue weighted by atomic mass is 35.5. The summed E-state index contributed by atoms with van der Waals surface area (Å²) in [6.07, 6.45) is 3.75. The summed E-state index contributed by atoms with van der Waals surface area (Å²) in [6.45, 7) is 4.52. The molecule has 1 aromatic rings. The molecule has 0 atom stereocenters. The first-order valence-corrected chi connectivity index (χ1v) is 4.70. The third-order valence-electron chi connectivity index (χ3n) is 2.51. The van der Waals surface area contributed by atoms with Gasteiger partial charge in [0.25, 0.3) is 0 Å². The number of likely N-dealkylation sites (N-methyl/N-ethyl adjacent to an activating group) is 1. The standard InChI is InChI=1S/C10H15N3.2ClH/c1-12-5-7-13(8-6-12)10-3-2-4-11-9-10;;/h2-4,9H,5-8H2,1H3;2*1H. The SMILES string of the molecule is CN1CCN(c2cccnc2)CC1.Cl.Cl. The van der Waals surface area contributed by atoms with Crippen molar-refractivity contribution in [3.05, 3.63) is 24.5 Å². The molecule has 0 bridgehead atoms. The molecule has 86 valence electrons. The van der Waals surface area contributed by atoms with Gasteiger partial charge in [0, 0.05) is 32.4 Å². The monoisotopic (exact) mass is 249 g/mol. The van der Waals surface area contributed by atoms with Crippen LogP contribution < -0.4 is 4.90 Å². The van der Waals surface area contributed by atoms with Gasteiger partial charge in [0.05, 0.1) is 11.9 Å². The average Bonchev–Trinajstić information content (AvgIpc) is 2.20. The fraction of sp³-hybridized carbons (Fsp3) is 0.500. The summed E-state index contributed by atoms with van der Waals surface area (Å²) in [6, 6.07) is 4.12. The van der Waals surface area contributed by atoms with Crippen LogP contribution in [0.4, 0.5) is 5.69 Å². The van der Waals surface area contributed by atoms with Crippen molar-refractivity contribution in [2.24, 2.45) is 0 Å². The minimum atomic E-state index is 0. The summed E-state index contributed by atoms with van der Waals surface area (Å²) in [4.78, 5) is 8.86. The predicted molar refractivity (Wildman–Crippen MR) is 68.4 cm³/mol. The lowest BCUT2D eigenvalue weighted by Gasteiger charge is -2.33. The van der Waals surface area contributed by atoms with Gasteiger partial charge in [-0.05, 0) is 19.2 Å². The predicted octanol–water partition coefficient (Wildman–Crippen LogP) is 1.68. The number of pyridine rings is 1. The van der Waals surface area contributed by atoms with Crippen molar-refractivity contribution in [1.29, 1.82) is 0 Å². The number of piperazine rings is 1. The molecule has 1 aliphatic rings. The molecular weight excluding hydrogens is 233 g/mol. The molecular formula is C10H17Cl2N3. The number of anilines is 1. The van der Waals surface area contributed by atoms with Gasteiger partial charge in [-0.1, -0.05) is 0 Å².